The van der Waals surface area contributed by atoms with Crippen LogP contribution in [0.4, 0.5) is 5.82 Å². The van der Waals surface area contributed by atoms with Gasteiger partial charge in [0.15, 0.2) is 5.78 Å². The Morgan fingerprint density at radius 3 is 2.51 bits per heavy atom. The summed E-state index contributed by atoms with van der Waals surface area (Å²) in [7, 11) is 0. The van der Waals surface area contributed by atoms with Crippen LogP contribution in [0.3, 0.4) is 0 Å². The van der Waals surface area contributed by atoms with Crippen molar-refractivity contribution in [2.24, 2.45) is 5.10 Å². The molecule has 1 aliphatic rings. The highest BCUT2D eigenvalue weighted by Gasteiger charge is 2.31. The van der Waals surface area contributed by atoms with Crippen molar-refractivity contribution in [3.8, 4) is 0 Å². The summed E-state index contributed by atoms with van der Waals surface area (Å²) >= 11 is 14.4. The van der Waals surface area contributed by atoms with E-state index in [9.17, 15) is 14.4 Å². The van der Waals surface area contributed by atoms with Crippen LogP contribution in [0.5, 0.6) is 0 Å². The molecule has 0 aliphatic carbocycles. The summed E-state index contributed by atoms with van der Waals surface area (Å²) in [5.74, 6) is -0.563. The number of benzene rings is 1. The number of halogens is 2. The van der Waals surface area contributed by atoms with Gasteiger partial charge < -0.3 is 0 Å². The number of allylic oxidation sites excluding steroid dienone is 1. The molecule has 0 saturated heterocycles. The van der Waals surface area contributed by atoms with Gasteiger partial charge in [0.1, 0.15) is 5.82 Å². The zero-order valence-corrected chi connectivity index (χ0v) is 21.2. The second-order valence-corrected chi connectivity index (χ2v) is 10.1. The summed E-state index contributed by atoms with van der Waals surface area (Å²) < 4.78 is 0. The molecule has 178 valence electrons. The maximum absolute atomic E-state index is 12.9. The zero-order valence-electron chi connectivity index (χ0n) is 18.0. The Balaban J connectivity index is 1.34. The molecule has 3 N–H and O–H groups in total. The van der Waals surface area contributed by atoms with Crippen molar-refractivity contribution in [1.82, 2.24) is 15.8 Å². The lowest BCUT2D eigenvalue weighted by atomic mass is 10.0. The van der Waals surface area contributed by atoms with Gasteiger partial charge in [-0.15, -0.1) is 23.1 Å². The standard InChI is InChI=1S/C23H17Cl2N5O3S2/c1-12(14-11-34-21(20(14)31)13-5-6-15(24)16(25)10-13)27-29-22(32)17-7-8-18(35-17)23(33)30-28-19-4-2-3-9-26-19/h2-11,21H,1H3,(H,26,28)(H,29,32)(H,30,33)/b27-12+. The number of hydrogen-bond donors (Lipinski definition) is 3. The van der Waals surface area contributed by atoms with Crippen molar-refractivity contribution >= 4 is 75.4 Å². The van der Waals surface area contributed by atoms with Gasteiger partial charge in [-0.3, -0.25) is 25.2 Å². The van der Waals surface area contributed by atoms with Crippen LogP contribution in [-0.2, 0) is 4.79 Å². The minimum atomic E-state index is -0.495. The Bertz CT molecular complexity index is 1360. The molecule has 0 fully saturated rings. The fourth-order valence-electron chi connectivity index (χ4n) is 3.02. The van der Waals surface area contributed by atoms with E-state index in [1.165, 1.54) is 23.9 Å². The van der Waals surface area contributed by atoms with Crippen LogP contribution in [0, 0.1) is 0 Å². The van der Waals surface area contributed by atoms with E-state index < -0.39 is 17.1 Å². The SMILES string of the molecule is C/C(=N\NC(=O)c1ccc(C(=O)NNc2ccccn2)s1)C1=CSC(c2ccc(Cl)c(Cl)c2)C1=O. The molecule has 0 saturated carbocycles. The van der Waals surface area contributed by atoms with Crippen LogP contribution in [0.2, 0.25) is 10.0 Å². The van der Waals surface area contributed by atoms with Crippen LogP contribution < -0.4 is 16.3 Å². The summed E-state index contributed by atoms with van der Waals surface area (Å²) in [6.45, 7) is 1.64. The third-order valence-electron chi connectivity index (χ3n) is 4.81. The third kappa shape index (κ3) is 5.91. The molecule has 3 heterocycles. The molecule has 3 aromatic rings. The van der Waals surface area contributed by atoms with Crippen LogP contribution in [-0.4, -0.2) is 28.3 Å². The monoisotopic (exact) mass is 545 g/mol. The number of rotatable bonds is 7. The number of amides is 2. The lowest BCUT2D eigenvalue weighted by Gasteiger charge is -2.10. The van der Waals surface area contributed by atoms with Gasteiger partial charge in [0.05, 0.1) is 30.8 Å². The summed E-state index contributed by atoms with van der Waals surface area (Å²) in [5.41, 5.74) is 9.16. The van der Waals surface area contributed by atoms with Crippen molar-refractivity contribution in [3.05, 3.63) is 91.1 Å². The molecular weight excluding hydrogens is 529 g/mol. The van der Waals surface area contributed by atoms with Crippen molar-refractivity contribution in [1.29, 1.82) is 0 Å². The second kappa shape index (κ2) is 11.0. The number of carbonyl (C=O) groups is 3. The minimum Gasteiger partial charge on any atom is -0.292 e. The van der Waals surface area contributed by atoms with Gasteiger partial charge in [-0.1, -0.05) is 35.3 Å². The zero-order chi connectivity index (χ0) is 24.9. The maximum Gasteiger partial charge on any atom is 0.281 e. The van der Waals surface area contributed by atoms with E-state index in [1.54, 1.807) is 54.9 Å². The van der Waals surface area contributed by atoms with E-state index >= 15 is 0 Å². The summed E-state index contributed by atoms with van der Waals surface area (Å²) in [5, 5.41) is 6.12. The average Bonchev–Trinajstić information content (AvgIpc) is 3.51. The number of hydrazone groups is 1. The smallest absolute Gasteiger partial charge is 0.281 e. The van der Waals surface area contributed by atoms with Gasteiger partial charge in [-0.05, 0) is 54.3 Å². The van der Waals surface area contributed by atoms with Crippen LogP contribution in [0.15, 0.2) is 70.8 Å². The quantitative estimate of drug-likeness (QED) is 0.276. The summed E-state index contributed by atoms with van der Waals surface area (Å²) in [6.07, 6.45) is 1.59. The van der Waals surface area contributed by atoms with E-state index in [4.69, 9.17) is 23.2 Å². The Kier molecular flexibility index (Phi) is 7.86. The van der Waals surface area contributed by atoms with Crippen molar-refractivity contribution in [2.75, 3.05) is 5.43 Å². The number of aromatic nitrogens is 1. The maximum atomic E-state index is 12.9. The molecule has 1 atom stereocenters. The lowest BCUT2D eigenvalue weighted by Crippen LogP contribution is -2.29. The van der Waals surface area contributed by atoms with E-state index in [0.717, 1.165) is 16.9 Å². The molecule has 1 aliphatic heterocycles. The van der Waals surface area contributed by atoms with Crippen molar-refractivity contribution in [3.63, 3.8) is 0 Å². The Labute approximate surface area is 218 Å². The highest BCUT2D eigenvalue weighted by molar-refractivity contribution is 8.03. The largest absolute Gasteiger partial charge is 0.292 e. The first-order valence-electron chi connectivity index (χ1n) is 10.1. The number of nitrogens with zero attached hydrogens (tertiary/aromatic N) is 2. The van der Waals surface area contributed by atoms with Crippen LogP contribution in [0.25, 0.3) is 0 Å². The number of hydrogen-bond acceptors (Lipinski definition) is 8. The Hall–Kier alpha value is -3.18. The molecule has 8 nitrogen and oxygen atoms in total. The first-order chi connectivity index (χ1) is 16.8. The van der Waals surface area contributed by atoms with E-state index in [1.807, 2.05) is 0 Å². The topological polar surface area (TPSA) is 113 Å². The number of thioether (sulfide) groups is 1. The number of thiophene rings is 1. The highest BCUT2D eigenvalue weighted by Crippen LogP contribution is 2.41. The normalized spacial score (nSPS) is 15.5. The molecule has 35 heavy (non-hydrogen) atoms. The number of hydrazine groups is 1. The highest BCUT2D eigenvalue weighted by atomic mass is 35.5. The molecule has 12 heteroatoms. The van der Waals surface area contributed by atoms with Crippen molar-refractivity contribution < 1.29 is 14.4 Å². The molecule has 2 aromatic heterocycles. The Morgan fingerprint density at radius 1 is 1.03 bits per heavy atom. The van der Waals surface area contributed by atoms with Gasteiger partial charge >= 0.3 is 0 Å². The molecule has 2 amide bonds. The predicted molar refractivity (Wildman–Crippen MR) is 140 cm³/mol. The number of carbonyl (C=O) groups excluding carboxylic acids is 3. The van der Waals surface area contributed by atoms with Crippen LogP contribution in [0.1, 0.15) is 37.1 Å². The van der Waals surface area contributed by atoms with Gasteiger partial charge in [0, 0.05) is 11.8 Å². The fraction of sp³-hybridized carbons (Fsp3) is 0.0870. The summed E-state index contributed by atoms with van der Waals surface area (Å²) in [6, 6.07) is 13.4. The summed E-state index contributed by atoms with van der Waals surface area (Å²) in [4.78, 5) is 42.4. The number of pyridine rings is 1. The number of Topliss-reactive ketones (excluding diaryl/α,β-unsaturated/α-hetero) is 1. The molecule has 0 radical (unpaired) electrons. The first kappa shape index (κ1) is 24.9. The number of ketones is 1. The minimum absolute atomic E-state index is 0.139. The Morgan fingerprint density at radius 2 is 1.80 bits per heavy atom. The second-order valence-electron chi connectivity index (χ2n) is 7.18. The van der Waals surface area contributed by atoms with E-state index in [-0.39, 0.29) is 5.78 Å². The molecule has 1 unspecified atom stereocenters. The predicted octanol–water partition coefficient (Wildman–Crippen LogP) is 5.25. The number of nitrogens with one attached hydrogen (secondary N) is 3. The molecular formula is C23H17Cl2N5O3S2. The van der Waals surface area contributed by atoms with Gasteiger partial charge in [0.25, 0.3) is 11.8 Å². The van der Waals surface area contributed by atoms with Crippen molar-refractivity contribution in [2.45, 2.75) is 12.2 Å². The molecule has 0 spiro atoms. The van der Waals surface area contributed by atoms with Crippen LogP contribution >= 0.6 is 46.3 Å². The van der Waals surface area contributed by atoms with Gasteiger partial charge in [0.2, 0.25) is 0 Å². The van der Waals surface area contributed by atoms with E-state index in [2.05, 4.69) is 26.4 Å². The fourth-order valence-corrected chi connectivity index (χ4v) is 5.23. The van der Waals surface area contributed by atoms with E-state index in [0.29, 0.717) is 36.9 Å². The first-order valence-corrected chi connectivity index (χ1v) is 12.6. The third-order valence-corrected chi connectivity index (χ3v) is 7.76. The molecule has 1 aromatic carbocycles. The number of anilines is 1. The van der Waals surface area contributed by atoms with Gasteiger partial charge in [-0.2, -0.15) is 5.10 Å². The average molecular weight is 546 g/mol. The lowest BCUT2D eigenvalue weighted by molar-refractivity contribution is -0.114. The molecule has 0 bridgehead atoms. The van der Waals surface area contributed by atoms with Gasteiger partial charge in [-0.25, -0.2) is 10.4 Å². The molecule has 4 rings (SSSR count).